The van der Waals surface area contributed by atoms with Crippen LogP contribution >= 0.6 is 0 Å². The Labute approximate surface area is 61.7 Å². The fourth-order valence-corrected chi connectivity index (χ4v) is 1.19. The second kappa shape index (κ2) is 3.74. The molecule has 1 rings (SSSR count). The van der Waals surface area contributed by atoms with Crippen LogP contribution in [0.25, 0.3) is 0 Å². The topological polar surface area (TPSA) is 46.2 Å². The highest BCUT2D eigenvalue weighted by atomic mass is 16.3. The molecule has 3 N–H and O–H groups in total. The second-order valence-electron chi connectivity index (χ2n) is 2.86. The summed E-state index contributed by atoms with van der Waals surface area (Å²) in [6.45, 7) is 0. The Bertz CT molecular complexity index is 122. The first-order chi connectivity index (χ1) is 4.80. The molecule has 1 aliphatic carbocycles. The summed E-state index contributed by atoms with van der Waals surface area (Å²) < 4.78 is 0. The molecule has 0 aromatic heterocycles. The fraction of sp³-hybridized carbons (Fsp3) is 0.750. The summed E-state index contributed by atoms with van der Waals surface area (Å²) in [5.41, 5.74) is 5.61. The van der Waals surface area contributed by atoms with Crippen molar-refractivity contribution in [2.75, 3.05) is 0 Å². The molecule has 2 atom stereocenters. The quantitative estimate of drug-likeness (QED) is 0.490. The molecule has 0 aromatic carbocycles. The number of hydrogen-bond acceptors (Lipinski definition) is 2. The van der Waals surface area contributed by atoms with Crippen LogP contribution in [0.2, 0.25) is 0 Å². The highest BCUT2D eigenvalue weighted by Gasteiger charge is 2.11. The lowest BCUT2D eigenvalue weighted by atomic mass is 10.0. The summed E-state index contributed by atoms with van der Waals surface area (Å²) in [6, 6.07) is -0.139. The largest absolute Gasteiger partial charge is 0.391 e. The second-order valence-corrected chi connectivity index (χ2v) is 2.86. The van der Waals surface area contributed by atoms with Crippen molar-refractivity contribution in [2.45, 2.75) is 37.8 Å². The first-order valence-corrected chi connectivity index (χ1v) is 3.91. The van der Waals surface area contributed by atoms with Crippen molar-refractivity contribution in [2.24, 2.45) is 5.73 Å². The maximum atomic E-state index is 9.31. The molecule has 0 fully saturated rings. The zero-order valence-corrected chi connectivity index (χ0v) is 6.16. The van der Waals surface area contributed by atoms with E-state index in [2.05, 4.69) is 6.08 Å². The van der Waals surface area contributed by atoms with Crippen LogP contribution in [0.3, 0.4) is 0 Å². The lowest BCUT2D eigenvalue weighted by Gasteiger charge is -2.16. The minimum Gasteiger partial charge on any atom is -0.391 e. The van der Waals surface area contributed by atoms with Gasteiger partial charge in [0.1, 0.15) is 0 Å². The van der Waals surface area contributed by atoms with Gasteiger partial charge in [0.15, 0.2) is 0 Å². The van der Waals surface area contributed by atoms with Crippen molar-refractivity contribution in [3.8, 4) is 0 Å². The standard InChI is InChI=1S/C8H15NO/c9-7-5-3-1-2-4-6-8(7)10/h3,5,7-8,10H,1-2,4,6,9H2/b5-3+. The maximum Gasteiger partial charge on any atom is 0.0726 e. The van der Waals surface area contributed by atoms with E-state index in [9.17, 15) is 5.11 Å². The Balaban J connectivity index is 2.44. The van der Waals surface area contributed by atoms with Crippen molar-refractivity contribution < 1.29 is 5.11 Å². The Morgan fingerprint density at radius 3 is 3.00 bits per heavy atom. The Kier molecular flexibility index (Phi) is 2.90. The van der Waals surface area contributed by atoms with E-state index in [1.807, 2.05) is 6.08 Å². The highest BCUT2D eigenvalue weighted by Crippen LogP contribution is 2.10. The van der Waals surface area contributed by atoms with E-state index in [-0.39, 0.29) is 12.1 Å². The van der Waals surface area contributed by atoms with Gasteiger partial charge in [0.2, 0.25) is 0 Å². The number of nitrogens with two attached hydrogens (primary N) is 1. The third kappa shape index (κ3) is 2.12. The number of aliphatic hydroxyl groups is 1. The van der Waals surface area contributed by atoms with Crippen LogP contribution < -0.4 is 5.73 Å². The van der Waals surface area contributed by atoms with Crippen LogP contribution in [-0.4, -0.2) is 17.3 Å². The summed E-state index contributed by atoms with van der Waals surface area (Å²) >= 11 is 0. The SMILES string of the molecule is NC1/C=C/CCCCC1O. The summed E-state index contributed by atoms with van der Waals surface area (Å²) in [5, 5.41) is 9.31. The fourth-order valence-electron chi connectivity index (χ4n) is 1.19. The van der Waals surface area contributed by atoms with Crippen LogP contribution in [-0.2, 0) is 0 Å². The summed E-state index contributed by atoms with van der Waals surface area (Å²) in [4.78, 5) is 0. The van der Waals surface area contributed by atoms with E-state index in [1.54, 1.807) is 0 Å². The minimum absolute atomic E-state index is 0.139. The van der Waals surface area contributed by atoms with Gasteiger partial charge in [0.05, 0.1) is 6.10 Å². The summed E-state index contributed by atoms with van der Waals surface area (Å²) in [6.07, 6.45) is 7.89. The Morgan fingerprint density at radius 1 is 1.40 bits per heavy atom. The van der Waals surface area contributed by atoms with E-state index in [4.69, 9.17) is 5.73 Å². The normalized spacial score (nSPS) is 38.2. The van der Waals surface area contributed by atoms with Crippen molar-refractivity contribution in [1.29, 1.82) is 0 Å². The smallest absolute Gasteiger partial charge is 0.0726 e. The number of aliphatic hydroxyl groups excluding tert-OH is 1. The molecule has 1 aliphatic rings. The molecule has 0 heterocycles. The lowest BCUT2D eigenvalue weighted by molar-refractivity contribution is 0.146. The molecule has 58 valence electrons. The predicted molar refractivity (Wildman–Crippen MR) is 41.6 cm³/mol. The summed E-state index contributed by atoms with van der Waals surface area (Å²) in [5.74, 6) is 0. The van der Waals surface area contributed by atoms with Crippen molar-refractivity contribution in [3.05, 3.63) is 12.2 Å². The molecule has 2 heteroatoms. The molecule has 0 saturated heterocycles. The molecule has 2 unspecified atom stereocenters. The van der Waals surface area contributed by atoms with Crippen molar-refractivity contribution in [1.82, 2.24) is 0 Å². The van der Waals surface area contributed by atoms with Crippen molar-refractivity contribution in [3.63, 3.8) is 0 Å². The molecule has 0 amide bonds. The highest BCUT2D eigenvalue weighted by molar-refractivity contribution is 4.96. The number of allylic oxidation sites excluding steroid dienone is 1. The predicted octanol–water partition coefficient (Wildman–Crippen LogP) is 0.805. The Hall–Kier alpha value is -0.340. The van der Waals surface area contributed by atoms with Gasteiger partial charge in [-0.25, -0.2) is 0 Å². The molecule has 10 heavy (non-hydrogen) atoms. The van der Waals surface area contributed by atoms with Gasteiger partial charge in [-0.05, 0) is 19.3 Å². The van der Waals surface area contributed by atoms with E-state index >= 15 is 0 Å². The monoisotopic (exact) mass is 141 g/mol. The van der Waals surface area contributed by atoms with Crippen LogP contribution in [0, 0.1) is 0 Å². The third-order valence-corrected chi connectivity index (χ3v) is 1.92. The van der Waals surface area contributed by atoms with Gasteiger partial charge in [0.25, 0.3) is 0 Å². The van der Waals surface area contributed by atoms with E-state index in [1.165, 1.54) is 6.42 Å². The summed E-state index contributed by atoms with van der Waals surface area (Å²) in [7, 11) is 0. The maximum absolute atomic E-state index is 9.31. The Morgan fingerprint density at radius 2 is 2.20 bits per heavy atom. The first-order valence-electron chi connectivity index (χ1n) is 3.91. The van der Waals surface area contributed by atoms with Gasteiger partial charge in [-0.3, -0.25) is 0 Å². The zero-order valence-electron chi connectivity index (χ0n) is 6.16. The number of rotatable bonds is 0. The van der Waals surface area contributed by atoms with Crippen LogP contribution in [0.1, 0.15) is 25.7 Å². The molecule has 0 bridgehead atoms. The van der Waals surface area contributed by atoms with Gasteiger partial charge >= 0.3 is 0 Å². The van der Waals surface area contributed by atoms with Crippen LogP contribution in [0.5, 0.6) is 0 Å². The van der Waals surface area contributed by atoms with E-state index in [0.29, 0.717) is 0 Å². The average molecular weight is 141 g/mol. The minimum atomic E-state index is -0.323. The molecule has 0 spiro atoms. The molecule has 0 radical (unpaired) electrons. The van der Waals surface area contributed by atoms with Gasteiger partial charge in [-0.2, -0.15) is 0 Å². The zero-order chi connectivity index (χ0) is 7.40. The molecular formula is C8H15NO. The molecule has 2 nitrogen and oxygen atoms in total. The first kappa shape index (κ1) is 7.76. The van der Waals surface area contributed by atoms with E-state index < -0.39 is 0 Å². The van der Waals surface area contributed by atoms with Gasteiger partial charge < -0.3 is 10.8 Å². The molecule has 0 saturated carbocycles. The van der Waals surface area contributed by atoms with Gasteiger partial charge in [-0.15, -0.1) is 0 Å². The van der Waals surface area contributed by atoms with Gasteiger partial charge in [0, 0.05) is 6.04 Å². The van der Waals surface area contributed by atoms with Crippen LogP contribution in [0.4, 0.5) is 0 Å². The third-order valence-electron chi connectivity index (χ3n) is 1.92. The molecule has 0 aliphatic heterocycles. The van der Waals surface area contributed by atoms with E-state index in [0.717, 1.165) is 19.3 Å². The van der Waals surface area contributed by atoms with Crippen LogP contribution in [0.15, 0.2) is 12.2 Å². The average Bonchev–Trinajstić information content (AvgIpc) is 1.92. The molecular weight excluding hydrogens is 126 g/mol. The van der Waals surface area contributed by atoms with Gasteiger partial charge in [-0.1, -0.05) is 18.6 Å². The lowest BCUT2D eigenvalue weighted by Crippen LogP contribution is -2.33. The molecule has 0 aromatic rings. The van der Waals surface area contributed by atoms with Crippen molar-refractivity contribution >= 4 is 0 Å². The number of hydrogen-bond donors (Lipinski definition) is 2.